The first-order valence-electron chi connectivity index (χ1n) is 5.85. The zero-order chi connectivity index (χ0) is 14.3. The van der Waals surface area contributed by atoms with Crippen LogP contribution in [-0.2, 0) is 9.59 Å². The zero-order valence-corrected chi connectivity index (χ0v) is 11.8. The van der Waals surface area contributed by atoms with Crippen molar-refractivity contribution in [3.05, 3.63) is 0 Å². The van der Waals surface area contributed by atoms with Gasteiger partial charge >= 0.3 is 6.03 Å². The molecule has 1 rings (SSSR count). The summed E-state index contributed by atoms with van der Waals surface area (Å²) in [4.78, 5) is 38.6. The lowest BCUT2D eigenvalue weighted by molar-refractivity contribution is -0.150. The zero-order valence-electron chi connectivity index (χ0n) is 11.8. The lowest BCUT2D eigenvalue weighted by Gasteiger charge is -2.41. The summed E-state index contributed by atoms with van der Waals surface area (Å²) in [6.07, 6.45) is 0. The predicted molar refractivity (Wildman–Crippen MR) is 66.8 cm³/mol. The van der Waals surface area contributed by atoms with Crippen molar-refractivity contribution in [1.82, 2.24) is 15.1 Å². The Morgan fingerprint density at radius 3 is 2.17 bits per heavy atom. The van der Waals surface area contributed by atoms with Gasteiger partial charge in [-0.2, -0.15) is 0 Å². The van der Waals surface area contributed by atoms with Crippen LogP contribution in [0.4, 0.5) is 4.79 Å². The molecule has 0 unspecified atom stereocenters. The van der Waals surface area contributed by atoms with Gasteiger partial charge in [-0.25, -0.2) is 4.79 Å². The van der Waals surface area contributed by atoms with Gasteiger partial charge in [0.25, 0.3) is 0 Å². The fourth-order valence-electron chi connectivity index (χ4n) is 1.52. The lowest BCUT2D eigenvalue weighted by atomic mass is 9.88. The molecule has 4 amide bonds. The van der Waals surface area contributed by atoms with Crippen molar-refractivity contribution in [2.24, 2.45) is 5.41 Å². The van der Waals surface area contributed by atoms with Gasteiger partial charge in [0.05, 0.1) is 0 Å². The number of hydrogen-bond donors (Lipinski definition) is 1. The molecule has 1 aliphatic heterocycles. The molecule has 0 aliphatic carbocycles. The van der Waals surface area contributed by atoms with E-state index in [9.17, 15) is 14.4 Å². The first kappa shape index (κ1) is 14.6. The summed E-state index contributed by atoms with van der Waals surface area (Å²) in [5.41, 5.74) is -1.56. The first-order valence-corrected chi connectivity index (χ1v) is 5.85. The van der Waals surface area contributed by atoms with Crippen molar-refractivity contribution >= 4 is 17.8 Å². The van der Waals surface area contributed by atoms with Crippen LogP contribution >= 0.6 is 0 Å². The van der Waals surface area contributed by atoms with Gasteiger partial charge in [-0.05, 0) is 41.8 Å². The molecule has 6 nitrogen and oxygen atoms in total. The molecule has 1 N–H and O–H groups in total. The maximum absolute atomic E-state index is 12.2. The Morgan fingerprint density at radius 2 is 1.72 bits per heavy atom. The Hall–Kier alpha value is -1.43. The molecule has 0 aromatic rings. The van der Waals surface area contributed by atoms with Gasteiger partial charge in [0.2, 0.25) is 11.8 Å². The van der Waals surface area contributed by atoms with E-state index < -0.39 is 23.3 Å². The van der Waals surface area contributed by atoms with Crippen LogP contribution in [0.2, 0.25) is 0 Å². The summed E-state index contributed by atoms with van der Waals surface area (Å²) in [6, 6.07) is -0.640. The number of nitrogens with one attached hydrogen (secondary N) is 1. The highest BCUT2D eigenvalue weighted by Gasteiger charge is 2.48. The summed E-state index contributed by atoms with van der Waals surface area (Å²) in [5.74, 6) is -0.998. The van der Waals surface area contributed by atoms with Crippen molar-refractivity contribution in [3.8, 4) is 0 Å². The van der Waals surface area contributed by atoms with Crippen LogP contribution in [0.5, 0.6) is 0 Å². The maximum atomic E-state index is 12.2. The molecule has 0 bridgehead atoms. The highest BCUT2D eigenvalue weighted by Crippen LogP contribution is 2.25. The Labute approximate surface area is 107 Å². The fraction of sp³-hybridized carbons (Fsp3) is 0.750. The number of nitrogens with zero attached hydrogens (tertiary/aromatic N) is 2. The summed E-state index contributed by atoms with van der Waals surface area (Å²) in [6.45, 7) is 7.13. The van der Waals surface area contributed by atoms with Gasteiger partial charge in [0.1, 0.15) is 5.41 Å². The number of carbonyl (C=O) groups is 3. The molecule has 1 heterocycles. The molecule has 0 aromatic heterocycles. The summed E-state index contributed by atoms with van der Waals surface area (Å²) < 4.78 is 0. The van der Waals surface area contributed by atoms with Gasteiger partial charge in [0, 0.05) is 12.1 Å². The quantitative estimate of drug-likeness (QED) is 0.743. The van der Waals surface area contributed by atoms with Crippen LogP contribution in [0, 0.1) is 5.41 Å². The number of amides is 4. The molecule has 102 valence electrons. The Balaban J connectivity index is 2.99. The van der Waals surface area contributed by atoms with Gasteiger partial charge in [-0.1, -0.05) is 0 Å². The lowest BCUT2D eigenvalue weighted by Crippen LogP contribution is -2.65. The third-order valence-electron chi connectivity index (χ3n) is 3.57. The van der Waals surface area contributed by atoms with Crippen LogP contribution in [0.25, 0.3) is 0 Å². The minimum absolute atomic E-state index is 0.237. The third-order valence-corrected chi connectivity index (χ3v) is 3.57. The number of likely N-dealkylation sites (N-methyl/N-ethyl adjacent to an activating group) is 1. The summed E-state index contributed by atoms with van der Waals surface area (Å²) in [5, 5.41) is 2.22. The number of urea groups is 1. The van der Waals surface area contributed by atoms with Gasteiger partial charge in [0.15, 0.2) is 0 Å². The van der Waals surface area contributed by atoms with E-state index in [1.54, 1.807) is 0 Å². The fourth-order valence-corrected chi connectivity index (χ4v) is 1.52. The first-order chi connectivity index (χ1) is 8.00. The smallest absolute Gasteiger partial charge is 0.302 e. The van der Waals surface area contributed by atoms with Crippen LogP contribution in [0.15, 0.2) is 0 Å². The van der Waals surface area contributed by atoms with Crippen molar-refractivity contribution < 1.29 is 14.4 Å². The average molecular weight is 255 g/mol. The molecule has 0 radical (unpaired) electrons. The molecular formula is C12H21N3O3. The largest absolute Gasteiger partial charge is 0.330 e. The highest BCUT2D eigenvalue weighted by molar-refractivity contribution is 6.18. The Kier molecular flexibility index (Phi) is 3.53. The van der Waals surface area contributed by atoms with Gasteiger partial charge < -0.3 is 4.90 Å². The number of hydrogen-bond acceptors (Lipinski definition) is 4. The molecule has 1 saturated heterocycles. The van der Waals surface area contributed by atoms with Crippen molar-refractivity contribution in [2.45, 2.75) is 33.2 Å². The van der Waals surface area contributed by atoms with E-state index in [0.29, 0.717) is 0 Å². The summed E-state index contributed by atoms with van der Waals surface area (Å²) in [7, 11) is 3.76. The monoisotopic (exact) mass is 255 g/mol. The minimum Gasteiger partial charge on any atom is -0.302 e. The standard InChI is InChI=1S/C12H21N3O3/c1-11(2,14(5)6)7-15-9(17)12(3,4)8(16)13-10(15)18/h7H2,1-6H3,(H,13,16,18). The molecule has 0 spiro atoms. The van der Waals surface area contributed by atoms with E-state index in [0.717, 1.165) is 4.90 Å². The van der Waals surface area contributed by atoms with Crippen LogP contribution in [0.1, 0.15) is 27.7 Å². The SMILES string of the molecule is CN(C)C(C)(C)CN1C(=O)NC(=O)C(C)(C)C1=O. The number of barbiturate groups is 1. The van der Waals surface area contributed by atoms with E-state index in [2.05, 4.69) is 5.32 Å². The van der Waals surface area contributed by atoms with Gasteiger partial charge in [-0.3, -0.25) is 19.8 Å². The molecule has 0 aromatic carbocycles. The second-order valence-corrected chi connectivity index (χ2v) is 5.98. The van der Waals surface area contributed by atoms with E-state index in [4.69, 9.17) is 0 Å². The third kappa shape index (κ3) is 2.38. The van der Waals surface area contributed by atoms with E-state index in [-0.39, 0.29) is 12.1 Å². The van der Waals surface area contributed by atoms with Crippen molar-refractivity contribution in [3.63, 3.8) is 0 Å². The number of carbonyl (C=O) groups excluding carboxylic acids is 3. The average Bonchev–Trinajstić information content (AvgIpc) is 2.22. The van der Waals surface area contributed by atoms with Crippen LogP contribution in [-0.4, -0.2) is 53.8 Å². The van der Waals surface area contributed by atoms with E-state index >= 15 is 0 Å². The maximum Gasteiger partial charge on any atom is 0.330 e. The number of imide groups is 2. The molecule has 1 aliphatic rings. The van der Waals surface area contributed by atoms with Crippen LogP contribution in [0.3, 0.4) is 0 Å². The van der Waals surface area contributed by atoms with E-state index in [1.165, 1.54) is 13.8 Å². The molecule has 0 saturated carbocycles. The molecular weight excluding hydrogens is 234 g/mol. The van der Waals surface area contributed by atoms with E-state index in [1.807, 2.05) is 32.8 Å². The minimum atomic E-state index is -1.20. The second kappa shape index (κ2) is 4.35. The van der Waals surface area contributed by atoms with Gasteiger partial charge in [-0.15, -0.1) is 0 Å². The molecule has 1 fully saturated rings. The van der Waals surface area contributed by atoms with Crippen molar-refractivity contribution in [1.29, 1.82) is 0 Å². The topological polar surface area (TPSA) is 69.7 Å². The number of rotatable bonds is 3. The molecule has 0 atom stereocenters. The second-order valence-electron chi connectivity index (χ2n) is 5.98. The Bertz CT molecular complexity index is 399. The molecule has 18 heavy (non-hydrogen) atoms. The van der Waals surface area contributed by atoms with Crippen molar-refractivity contribution in [2.75, 3.05) is 20.6 Å². The summed E-state index contributed by atoms with van der Waals surface area (Å²) >= 11 is 0. The highest BCUT2D eigenvalue weighted by atomic mass is 16.2. The predicted octanol–water partition coefficient (Wildman–Crippen LogP) is 0.431. The van der Waals surface area contributed by atoms with Crippen LogP contribution < -0.4 is 5.32 Å². The molecule has 6 heteroatoms. The Morgan fingerprint density at radius 1 is 1.22 bits per heavy atom. The normalized spacial score (nSPS) is 20.4.